The van der Waals surface area contributed by atoms with Crippen molar-refractivity contribution in [1.82, 2.24) is 19.4 Å². The average Bonchev–Trinajstić information content (AvgIpc) is 2.93. The van der Waals surface area contributed by atoms with Gasteiger partial charge in [0.25, 0.3) is 11.5 Å². The minimum Gasteiger partial charge on any atom is -0.495 e. The van der Waals surface area contributed by atoms with E-state index in [1.807, 2.05) is 6.07 Å². The van der Waals surface area contributed by atoms with E-state index < -0.39 is 17.0 Å². The molecular formula is C28H31Cl2N7O5. The van der Waals surface area contributed by atoms with E-state index in [0.29, 0.717) is 30.1 Å². The molecule has 12 nitrogen and oxygen atoms in total. The quantitative estimate of drug-likeness (QED) is 0.256. The fraction of sp³-hybridized carbons (Fsp3) is 0.393. The summed E-state index contributed by atoms with van der Waals surface area (Å²) in [6, 6.07) is 5.09. The van der Waals surface area contributed by atoms with E-state index in [-0.39, 0.29) is 57.5 Å². The molecule has 1 aromatic carbocycles. The molecule has 222 valence electrons. The van der Waals surface area contributed by atoms with Crippen LogP contribution in [0, 0.1) is 11.3 Å². The van der Waals surface area contributed by atoms with Crippen LogP contribution in [0.25, 0.3) is 22.2 Å². The number of pyridine rings is 1. The number of carbonyl (C=O) groups is 1. The first kappa shape index (κ1) is 31.1. The van der Waals surface area contributed by atoms with E-state index >= 15 is 0 Å². The predicted molar refractivity (Wildman–Crippen MR) is 160 cm³/mol. The maximum atomic E-state index is 13.9. The van der Waals surface area contributed by atoms with Crippen molar-refractivity contribution < 1.29 is 19.0 Å². The van der Waals surface area contributed by atoms with E-state index in [4.69, 9.17) is 43.1 Å². The van der Waals surface area contributed by atoms with Crippen molar-refractivity contribution >= 4 is 46.1 Å². The van der Waals surface area contributed by atoms with Gasteiger partial charge >= 0.3 is 0 Å². The lowest BCUT2D eigenvalue weighted by Crippen LogP contribution is -2.55. The Kier molecular flexibility index (Phi) is 9.27. The summed E-state index contributed by atoms with van der Waals surface area (Å²) < 4.78 is 18.2. The van der Waals surface area contributed by atoms with Gasteiger partial charge in [-0.3, -0.25) is 14.2 Å². The Morgan fingerprint density at radius 1 is 1.24 bits per heavy atom. The average molecular weight is 617 g/mol. The monoisotopic (exact) mass is 615 g/mol. The number of nitrogens with zero attached hydrogens (tertiary/aromatic N) is 5. The molecule has 3 aromatic rings. The molecule has 0 atom stereocenters. The number of nitrogens with two attached hydrogens (primary N) is 1. The van der Waals surface area contributed by atoms with E-state index in [1.165, 1.54) is 29.8 Å². The number of fused-ring (bicyclic) bond motifs is 1. The van der Waals surface area contributed by atoms with Crippen LogP contribution in [0.3, 0.4) is 0 Å². The second kappa shape index (κ2) is 12.5. The molecule has 3 heterocycles. The number of nitrogens with one attached hydrogen (secondary N) is 1. The second-order valence-corrected chi connectivity index (χ2v) is 11.0. The molecule has 1 amide bonds. The number of methoxy groups -OCH3 is 2. The largest absolute Gasteiger partial charge is 0.495 e. The Morgan fingerprint density at radius 2 is 1.88 bits per heavy atom. The number of likely N-dealkylation sites (tertiary alicyclic amines) is 1. The van der Waals surface area contributed by atoms with Crippen LogP contribution >= 0.6 is 23.2 Å². The molecule has 0 aliphatic carbocycles. The van der Waals surface area contributed by atoms with Crippen molar-refractivity contribution in [2.45, 2.75) is 32.0 Å². The summed E-state index contributed by atoms with van der Waals surface area (Å²) in [6.45, 7) is 4.30. The SMILES string of the molecule is CNc1ncc2cc(-c3c(Cl)c(OC)cc(OC)c3Cl)c(=O)n(CCOC3CN(C(=O)/C(C#N)=C\C(C)(C)N)C3)c2n1. The number of aromatic nitrogens is 3. The van der Waals surface area contributed by atoms with Crippen molar-refractivity contribution in [3.8, 4) is 28.7 Å². The Hall–Kier alpha value is -3.89. The number of carbonyl (C=O) groups excluding carboxylic acids is 1. The van der Waals surface area contributed by atoms with E-state index in [0.717, 1.165) is 0 Å². The fourth-order valence-corrected chi connectivity index (χ4v) is 5.20. The van der Waals surface area contributed by atoms with Crippen LogP contribution in [0.15, 0.2) is 34.8 Å². The number of rotatable bonds is 10. The number of ether oxygens (including phenoxy) is 3. The second-order valence-electron chi connectivity index (χ2n) is 10.2. The maximum absolute atomic E-state index is 13.9. The Morgan fingerprint density at radius 3 is 2.43 bits per heavy atom. The molecule has 3 N–H and O–H groups in total. The Bertz CT molecular complexity index is 1630. The number of hydrogen-bond donors (Lipinski definition) is 2. The first-order valence-electron chi connectivity index (χ1n) is 12.9. The number of benzene rings is 1. The first-order chi connectivity index (χ1) is 19.9. The highest BCUT2D eigenvalue weighted by molar-refractivity contribution is 6.41. The molecule has 0 spiro atoms. The zero-order valence-corrected chi connectivity index (χ0v) is 25.3. The van der Waals surface area contributed by atoms with E-state index in [2.05, 4.69) is 15.3 Å². The normalized spacial score (nSPS) is 14.0. The lowest BCUT2D eigenvalue weighted by atomic mass is 10.0. The topological polar surface area (TPSA) is 158 Å². The molecule has 2 aromatic heterocycles. The number of hydrogen-bond acceptors (Lipinski definition) is 10. The van der Waals surface area contributed by atoms with Crippen molar-refractivity contribution in [2.75, 3.05) is 46.3 Å². The highest BCUT2D eigenvalue weighted by atomic mass is 35.5. The summed E-state index contributed by atoms with van der Waals surface area (Å²) in [6.07, 6.45) is 2.77. The van der Waals surface area contributed by atoms with Crippen LogP contribution in [-0.2, 0) is 16.1 Å². The number of halogens is 2. The van der Waals surface area contributed by atoms with Crippen molar-refractivity contribution in [2.24, 2.45) is 5.73 Å². The van der Waals surface area contributed by atoms with Crippen LogP contribution in [-0.4, -0.2) is 77.9 Å². The maximum Gasteiger partial charge on any atom is 0.264 e. The third-order valence-electron chi connectivity index (χ3n) is 6.56. The van der Waals surface area contributed by atoms with Crippen LogP contribution in [0.2, 0.25) is 10.0 Å². The smallest absolute Gasteiger partial charge is 0.264 e. The molecule has 1 fully saturated rings. The first-order valence-corrected chi connectivity index (χ1v) is 13.7. The van der Waals surface area contributed by atoms with Crippen molar-refractivity contribution in [3.05, 3.63) is 50.4 Å². The van der Waals surface area contributed by atoms with Gasteiger partial charge < -0.3 is 30.2 Å². The highest BCUT2D eigenvalue weighted by Gasteiger charge is 2.33. The molecule has 0 saturated carbocycles. The zero-order valence-electron chi connectivity index (χ0n) is 23.8. The number of amides is 1. The van der Waals surface area contributed by atoms with Crippen molar-refractivity contribution in [1.29, 1.82) is 5.26 Å². The fourth-order valence-electron chi connectivity index (χ4n) is 4.49. The van der Waals surface area contributed by atoms with Crippen LogP contribution in [0.5, 0.6) is 11.5 Å². The standard InChI is InChI=1S/C28H31Cl2N7O5/c1-28(2,32)10-16(11-31)25(38)36-13-17(14-36)42-7-6-37-24-15(12-34-27(33-3)35-24)8-18(26(37)39)21-22(29)19(40-4)9-20(41-5)23(21)30/h8-10,12,17H,6-7,13-14,32H2,1-5H3,(H,33,34,35)/b16-10-. The summed E-state index contributed by atoms with van der Waals surface area (Å²) >= 11 is 13.3. The van der Waals surface area contributed by atoms with Gasteiger partial charge in [-0.05, 0) is 26.0 Å². The molecule has 42 heavy (non-hydrogen) atoms. The van der Waals surface area contributed by atoms with Crippen LogP contribution in [0.4, 0.5) is 5.95 Å². The molecule has 1 aliphatic rings. The molecule has 0 radical (unpaired) electrons. The van der Waals surface area contributed by atoms with Crippen molar-refractivity contribution in [3.63, 3.8) is 0 Å². The number of nitriles is 1. The molecule has 4 rings (SSSR count). The lowest BCUT2D eigenvalue weighted by Gasteiger charge is -2.39. The summed E-state index contributed by atoms with van der Waals surface area (Å²) in [5.41, 5.74) is 5.55. The van der Waals surface area contributed by atoms with Gasteiger partial charge in [-0.2, -0.15) is 10.2 Å². The number of anilines is 1. The molecule has 1 aliphatic heterocycles. The van der Waals surface area contributed by atoms with E-state index in [9.17, 15) is 14.9 Å². The van der Waals surface area contributed by atoms with Gasteiger partial charge in [0.05, 0.1) is 49.1 Å². The van der Waals surface area contributed by atoms with Gasteiger partial charge in [0.15, 0.2) is 0 Å². The van der Waals surface area contributed by atoms with Gasteiger partial charge in [0.1, 0.15) is 28.8 Å². The third kappa shape index (κ3) is 6.29. The van der Waals surface area contributed by atoms with E-state index in [1.54, 1.807) is 39.2 Å². The minimum atomic E-state index is -0.798. The summed E-state index contributed by atoms with van der Waals surface area (Å²) in [7, 11) is 4.58. The summed E-state index contributed by atoms with van der Waals surface area (Å²) in [5, 5.41) is 13.1. The zero-order chi connectivity index (χ0) is 30.8. The summed E-state index contributed by atoms with van der Waals surface area (Å²) in [4.78, 5) is 36.9. The molecule has 14 heteroatoms. The predicted octanol–water partition coefficient (Wildman–Crippen LogP) is 3.24. The Labute approximate surface area is 252 Å². The van der Waals surface area contributed by atoms with Crippen LogP contribution in [0.1, 0.15) is 13.8 Å². The molecule has 0 unspecified atom stereocenters. The van der Waals surface area contributed by atoms with Gasteiger partial charge in [-0.1, -0.05) is 23.2 Å². The lowest BCUT2D eigenvalue weighted by molar-refractivity contribution is -0.140. The minimum absolute atomic E-state index is 0.0118. The van der Waals surface area contributed by atoms with Gasteiger partial charge in [-0.25, -0.2) is 4.98 Å². The van der Waals surface area contributed by atoms with Gasteiger partial charge in [0, 0.05) is 48.9 Å². The highest BCUT2D eigenvalue weighted by Crippen LogP contribution is 2.45. The van der Waals surface area contributed by atoms with Gasteiger partial charge in [0.2, 0.25) is 5.95 Å². The summed E-state index contributed by atoms with van der Waals surface area (Å²) in [5.74, 6) is 0.512. The molecule has 0 bridgehead atoms. The third-order valence-corrected chi connectivity index (χ3v) is 7.31. The van der Waals surface area contributed by atoms with Gasteiger partial charge in [-0.15, -0.1) is 0 Å². The molecule has 1 saturated heterocycles. The molecular weight excluding hydrogens is 585 g/mol. The van der Waals surface area contributed by atoms with Crippen LogP contribution < -0.4 is 26.1 Å². The Balaban J connectivity index is 1.62.